The maximum atomic E-state index is 6.07. The minimum absolute atomic E-state index is 0.157. The van der Waals surface area contributed by atoms with Crippen LogP contribution < -0.4 is 20.9 Å². The van der Waals surface area contributed by atoms with Gasteiger partial charge in [-0.25, -0.2) is 0 Å². The van der Waals surface area contributed by atoms with Crippen molar-refractivity contribution in [1.29, 1.82) is 0 Å². The minimum atomic E-state index is -0.157. The monoisotopic (exact) mass is 224 g/mol. The van der Waals surface area contributed by atoms with Crippen molar-refractivity contribution in [3.8, 4) is 11.5 Å². The van der Waals surface area contributed by atoms with Crippen LogP contribution in [0.15, 0.2) is 12.1 Å². The van der Waals surface area contributed by atoms with E-state index in [9.17, 15) is 0 Å². The highest BCUT2D eigenvalue weighted by atomic mass is 16.5. The fourth-order valence-corrected chi connectivity index (χ4v) is 1.76. The predicted molar refractivity (Wildman–Crippen MR) is 64.9 cm³/mol. The third kappa shape index (κ3) is 2.65. The van der Waals surface area contributed by atoms with Crippen molar-refractivity contribution < 1.29 is 9.47 Å². The molecule has 4 nitrogen and oxygen atoms in total. The van der Waals surface area contributed by atoms with Crippen LogP contribution in [0.1, 0.15) is 23.6 Å². The number of rotatable bonds is 5. The lowest BCUT2D eigenvalue weighted by Gasteiger charge is -2.19. The first-order chi connectivity index (χ1) is 7.63. The molecule has 0 saturated carbocycles. The first-order valence-electron chi connectivity index (χ1n) is 5.32. The van der Waals surface area contributed by atoms with E-state index in [1.807, 2.05) is 19.1 Å². The Morgan fingerprint density at radius 1 is 1.19 bits per heavy atom. The van der Waals surface area contributed by atoms with Crippen molar-refractivity contribution in [3.05, 3.63) is 23.3 Å². The van der Waals surface area contributed by atoms with Crippen LogP contribution in [0.4, 0.5) is 0 Å². The summed E-state index contributed by atoms with van der Waals surface area (Å²) in [5, 5.41) is 0. The van der Waals surface area contributed by atoms with Gasteiger partial charge in [-0.2, -0.15) is 0 Å². The lowest BCUT2D eigenvalue weighted by Crippen LogP contribution is -2.17. The molecular formula is C12H20N2O2. The molecule has 0 aliphatic carbocycles. The van der Waals surface area contributed by atoms with E-state index in [0.717, 1.165) is 22.6 Å². The third-order valence-corrected chi connectivity index (χ3v) is 2.54. The van der Waals surface area contributed by atoms with Crippen LogP contribution in [0.3, 0.4) is 0 Å². The highest BCUT2D eigenvalue weighted by molar-refractivity contribution is 5.49. The van der Waals surface area contributed by atoms with Gasteiger partial charge >= 0.3 is 0 Å². The van der Waals surface area contributed by atoms with E-state index in [2.05, 4.69) is 0 Å². The molecule has 90 valence electrons. The number of hydrogen-bond donors (Lipinski definition) is 2. The summed E-state index contributed by atoms with van der Waals surface area (Å²) in [4.78, 5) is 0. The third-order valence-electron chi connectivity index (χ3n) is 2.54. The molecule has 0 amide bonds. The maximum absolute atomic E-state index is 6.07. The van der Waals surface area contributed by atoms with Gasteiger partial charge in [0.1, 0.15) is 11.5 Å². The second-order valence-electron chi connectivity index (χ2n) is 3.77. The SMILES string of the molecule is COc1cc(C)cc(OC)c1[C@H](N)CCN. The highest BCUT2D eigenvalue weighted by Gasteiger charge is 2.17. The molecule has 0 fully saturated rings. The van der Waals surface area contributed by atoms with Crippen LogP contribution in [0, 0.1) is 6.92 Å². The Morgan fingerprint density at radius 3 is 2.06 bits per heavy atom. The van der Waals surface area contributed by atoms with Gasteiger partial charge in [-0.05, 0) is 37.6 Å². The average Bonchev–Trinajstić information content (AvgIpc) is 2.27. The highest BCUT2D eigenvalue weighted by Crippen LogP contribution is 2.35. The molecule has 1 rings (SSSR count). The fourth-order valence-electron chi connectivity index (χ4n) is 1.76. The molecule has 4 heteroatoms. The molecule has 1 aromatic rings. The van der Waals surface area contributed by atoms with Crippen LogP contribution in [0.25, 0.3) is 0 Å². The Balaban J connectivity index is 3.21. The van der Waals surface area contributed by atoms with Crippen molar-refractivity contribution in [2.45, 2.75) is 19.4 Å². The zero-order valence-corrected chi connectivity index (χ0v) is 10.1. The van der Waals surface area contributed by atoms with Crippen molar-refractivity contribution >= 4 is 0 Å². The molecule has 1 atom stereocenters. The molecule has 0 radical (unpaired) electrons. The van der Waals surface area contributed by atoms with Crippen LogP contribution in [-0.4, -0.2) is 20.8 Å². The summed E-state index contributed by atoms with van der Waals surface area (Å²) in [6, 6.07) is 3.75. The van der Waals surface area contributed by atoms with Crippen LogP contribution in [0.5, 0.6) is 11.5 Å². The van der Waals surface area contributed by atoms with E-state index in [-0.39, 0.29) is 6.04 Å². The molecule has 0 unspecified atom stereocenters. The minimum Gasteiger partial charge on any atom is -0.496 e. The van der Waals surface area contributed by atoms with E-state index in [4.69, 9.17) is 20.9 Å². The Bertz CT molecular complexity index is 328. The Labute approximate surface area is 96.5 Å². The molecule has 0 spiro atoms. The first-order valence-corrected chi connectivity index (χ1v) is 5.32. The van der Waals surface area contributed by atoms with Gasteiger partial charge in [0, 0.05) is 6.04 Å². The molecule has 0 aliphatic heterocycles. The van der Waals surface area contributed by atoms with Gasteiger partial charge in [0.05, 0.1) is 19.8 Å². The number of nitrogens with two attached hydrogens (primary N) is 2. The summed E-state index contributed by atoms with van der Waals surface area (Å²) in [5.41, 5.74) is 13.6. The van der Waals surface area contributed by atoms with E-state index >= 15 is 0 Å². The molecule has 4 N–H and O–H groups in total. The largest absolute Gasteiger partial charge is 0.496 e. The van der Waals surface area contributed by atoms with Crippen LogP contribution in [-0.2, 0) is 0 Å². The number of benzene rings is 1. The van der Waals surface area contributed by atoms with E-state index < -0.39 is 0 Å². The van der Waals surface area contributed by atoms with Gasteiger partial charge in [-0.3, -0.25) is 0 Å². The number of hydrogen-bond acceptors (Lipinski definition) is 4. The average molecular weight is 224 g/mol. The molecule has 0 bridgehead atoms. The van der Waals surface area contributed by atoms with E-state index in [0.29, 0.717) is 13.0 Å². The van der Waals surface area contributed by atoms with Crippen LogP contribution in [0.2, 0.25) is 0 Å². The Kier molecular flexibility index (Phi) is 4.58. The molecule has 0 heterocycles. The standard InChI is InChI=1S/C12H20N2O2/c1-8-6-10(15-2)12(9(14)4-5-13)11(7-8)16-3/h6-7,9H,4-5,13-14H2,1-3H3/t9-/m1/s1. The van der Waals surface area contributed by atoms with Crippen molar-refractivity contribution in [2.75, 3.05) is 20.8 Å². The lowest BCUT2D eigenvalue weighted by molar-refractivity contribution is 0.377. The maximum Gasteiger partial charge on any atom is 0.127 e. The summed E-state index contributed by atoms with van der Waals surface area (Å²) in [6.45, 7) is 2.53. The Hall–Kier alpha value is -1.26. The molecule has 0 saturated heterocycles. The number of ether oxygens (including phenoxy) is 2. The molecule has 0 aromatic heterocycles. The van der Waals surface area contributed by atoms with Gasteiger partial charge in [0.15, 0.2) is 0 Å². The topological polar surface area (TPSA) is 70.5 Å². The molecule has 16 heavy (non-hydrogen) atoms. The van der Waals surface area contributed by atoms with Gasteiger partial charge in [-0.15, -0.1) is 0 Å². The fraction of sp³-hybridized carbons (Fsp3) is 0.500. The van der Waals surface area contributed by atoms with Crippen molar-refractivity contribution in [1.82, 2.24) is 0 Å². The molecule has 0 aliphatic rings. The summed E-state index contributed by atoms with van der Waals surface area (Å²) in [6.07, 6.45) is 0.704. The van der Waals surface area contributed by atoms with E-state index in [1.165, 1.54) is 0 Å². The van der Waals surface area contributed by atoms with Crippen molar-refractivity contribution in [3.63, 3.8) is 0 Å². The van der Waals surface area contributed by atoms with Gasteiger partial charge in [-0.1, -0.05) is 0 Å². The smallest absolute Gasteiger partial charge is 0.127 e. The Morgan fingerprint density at radius 2 is 1.69 bits per heavy atom. The predicted octanol–water partition coefficient (Wildman–Crippen LogP) is 1.36. The second-order valence-corrected chi connectivity index (χ2v) is 3.77. The van der Waals surface area contributed by atoms with Crippen molar-refractivity contribution in [2.24, 2.45) is 11.5 Å². The quantitative estimate of drug-likeness (QED) is 0.792. The van der Waals surface area contributed by atoms with Gasteiger partial charge < -0.3 is 20.9 Å². The van der Waals surface area contributed by atoms with Gasteiger partial charge in [0.2, 0.25) is 0 Å². The molecule has 1 aromatic carbocycles. The van der Waals surface area contributed by atoms with Crippen LogP contribution >= 0.6 is 0 Å². The van der Waals surface area contributed by atoms with Gasteiger partial charge in [0.25, 0.3) is 0 Å². The number of aryl methyl sites for hydroxylation is 1. The summed E-state index contributed by atoms with van der Waals surface area (Å²) in [5.74, 6) is 1.52. The first kappa shape index (κ1) is 12.8. The summed E-state index contributed by atoms with van der Waals surface area (Å²) >= 11 is 0. The lowest BCUT2D eigenvalue weighted by atomic mass is 10.0. The van der Waals surface area contributed by atoms with E-state index in [1.54, 1.807) is 14.2 Å². The normalized spacial score (nSPS) is 12.3. The molecular weight excluding hydrogens is 204 g/mol. The second kappa shape index (κ2) is 5.72. The summed E-state index contributed by atoms with van der Waals surface area (Å²) in [7, 11) is 3.26. The zero-order valence-electron chi connectivity index (χ0n) is 10.1. The zero-order chi connectivity index (χ0) is 12.1. The number of methoxy groups -OCH3 is 2. The summed E-state index contributed by atoms with van der Waals surface area (Å²) < 4.78 is 10.7.